The minimum Gasteiger partial charge on any atom is -0.340 e. The van der Waals surface area contributed by atoms with Gasteiger partial charge in [0, 0.05) is 19.3 Å². The van der Waals surface area contributed by atoms with E-state index in [1.165, 1.54) is 0 Å². The first-order valence-electron chi connectivity index (χ1n) is 6.43. The molecule has 0 fully saturated rings. The maximum atomic E-state index is 12.4. The Hall–Kier alpha value is -2.10. The van der Waals surface area contributed by atoms with Gasteiger partial charge in [0.15, 0.2) is 0 Å². The second kappa shape index (κ2) is 5.69. The van der Waals surface area contributed by atoms with Crippen molar-refractivity contribution in [3.05, 3.63) is 48.5 Å². The highest BCUT2D eigenvalue weighted by Crippen LogP contribution is 2.12. The first-order chi connectivity index (χ1) is 9.09. The van der Waals surface area contributed by atoms with Crippen molar-refractivity contribution in [3.63, 3.8) is 0 Å². The number of aromatic nitrogens is 2. The van der Waals surface area contributed by atoms with Gasteiger partial charge in [0.05, 0.1) is 12.5 Å². The summed E-state index contributed by atoms with van der Waals surface area (Å²) in [5.41, 5.74) is 1.54. The molecule has 0 radical (unpaired) electrons. The molecule has 1 heterocycles. The van der Waals surface area contributed by atoms with E-state index in [0.717, 1.165) is 12.2 Å². The summed E-state index contributed by atoms with van der Waals surface area (Å²) in [5.74, 6) is 0.442. The second-order valence-corrected chi connectivity index (χ2v) is 5.06. The molecular formula is C15H19N3O. The number of para-hydroxylation sites is 1. The Morgan fingerprint density at radius 3 is 2.63 bits per heavy atom. The summed E-state index contributed by atoms with van der Waals surface area (Å²) in [6.45, 7) is 4.93. The van der Waals surface area contributed by atoms with Gasteiger partial charge in [-0.15, -0.1) is 0 Å². The van der Waals surface area contributed by atoms with Crippen LogP contribution in [0.25, 0.3) is 5.69 Å². The standard InChI is InChI=1S/C15H19N3O/c1-12(2)10-17(3)15(19)14-9-16-11-18(14)13-7-5-4-6-8-13/h4-9,11-12H,10H2,1-3H3. The van der Waals surface area contributed by atoms with Gasteiger partial charge in [-0.1, -0.05) is 32.0 Å². The number of amides is 1. The zero-order valence-corrected chi connectivity index (χ0v) is 11.6. The van der Waals surface area contributed by atoms with Gasteiger partial charge in [-0.25, -0.2) is 4.98 Å². The van der Waals surface area contributed by atoms with Crippen LogP contribution in [0.3, 0.4) is 0 Å². The van der Waals surface area contributed by atoms with Crippen molar-refractivity contribution in [2.24, 2.45) is 5.92 Å². The number of carbonyl (C=O) groups excluding carboxylic acids is 1. The van der Waals surface area contributed by atoms with Crippen LogP contribution >= 0.6 is 0 Å². The molecule has 0 atom stereocenters. The SMILES string of the molecule is CC(C)CN(C)C(=O)c1cncn1-c1ccccc1. The number of imidazole rings is 1. The lowest BCUT2D eigenvalue weighted by Gasteiger charge is -2.19. The number of nitrogens with zero attached hydrogens (tertiary/aromatic N) is 3. The van der Waals surface area contributed by atoms with Crippen LogP contribution in [0, 0.1) is 5.92 Å². The molecule has 0 saturated heterocycles. The number of hydrogen-bond acceptors (Lipinski definition) is 2. The average Bonchev–Trinajstić information content (AvgIpc) is 2.87. The van der Waals surface area contributed by atoms with E-state index in [0.29, 0.717) is 11.6 Å². The Kier molecular flexibility index (Phi) is 4.00. The van der Waals surface area contributed by atoms with Crippen molar-refractivity contribution < 1.29 is 4.79 Å². The van der Waals surface area contributed by atoms with Gasteiger partial charge in [0.25, 0.3) is 5.91 Å². The van der Waals surface area contributed by atoms with Crippen molar-refractivity contribution in [1.29, 1.82) is 0 Å². The molecule has 1 amide bonds. The van der Waals surface area contributed by atoms with Gasteiger partial charge in [0.1, 0.15) is 5.69 Å². The lowest BCUT2D eigenvalue weighted by atomic mass is 10.2. The van der Waals surface area contributed by atoms with Crippen LogP contribution in [0.15, 0.2) is 42.9 Å². The van der Waals surface area contributed by atoms with Crippen molar-refractivity contribution in [2.75, 3.05) is 13.6 Å². The zero-order chi connectivity index (χ0) is 13.8. The normalized spacial score (nSPS) is 10.7. The summed E-state index contributed by atoms with van der Waals surface area (Å²) >= 11 is 0. The first kappa shape index (κ1) is 13.3. The molecule has 0 aliphatic carbocycles. The zero-order valence-electron chi connectivity index (χ0n) is 11.6. The molecule has 0 spiro atoms. The molecule has 0 bridgehead atoms. The molecule has 4 nitrogen and oxygen atoms in total. The molecular weight excluding hydrogens is 238 g/mol. The molecule has 0 unspecified atom stereocenters. The highest BCUT2D eigenvalue weighted by Gasteiger charge is 2.17. The van der Waals surface area contributed by atoms with Gasteiger partial charge in [-0.3, -0.25) is 9.36 Å². The molecule has 0 aliphatic heterocycles. The maximum Gasteiger partial charge on any atom is 0.272 e. The van der Waals surface area contributed by atoms with Gasteiger partial charge < -0.3 is 4.90 Å². The topological polar surface area (TPSA) is 38.1 Å². The summed E-state index contributed by atoms with van der Waals surface area (Å²) in [7, 11) is 1.82. The van der Waals surface area contributed by atoms with Gasteiger partial charge in [-0.05, 0) is 18.1 Å². The lowest BCUT2D eigenvalue weighted by molar-refractivity contribution is 0.0771. The largest absolute Gasteiger partial charge is 0.340 e. The molecule has 19 heavy (non-hydrogen) atoms. The van der Waals surface area contributed by atoms with E-state index in [2.05, 4.69) is 18.8 Å². The smallest absolute Gasteiger partial charge is 0.272 e. The van der Waals surface area contributed by atoms with Crippen LogP contribution in [0.5, 0.6) is 0 Å². The summed E-state index contributed by atoms with van der Waals surface area (Å²) in [6.07, 6.45) is 3.29. The molecule has 100 valence electrons. The van der Waals surface area contributed by atoms with E-state index in [4.69, 9.17) is 0 Å². The fourth-order valence-corrected chi connectivity index (χ4v) is 2.07. The van der Waals surface area contributed by atoms with E-state index in [9.17, 15) is 4.79 Å². The van der Waals surface area contributed by atoms with Crippen LogP contribution in [0.2, 0.25) is 0 Å². The maximum absolute atomic E-state index is 12.4. The Balaban J connectivity index is 2.27. The first-order valence-corrected chi connectivity index (χ1v) is 6.43. The van der Waals surface area contributed by atoms with Crippen molar-refractivity contribution in [1.82, 2.24) is 14.5 Å². The number of hydrogen-bond donors (Lipinski definition) is 0. The Labute approximate surface area is 113 Å². The number of benzene rings is 1. The highest BCUT2D eigenvalue weighted by atomic mass is 16.2. The lowest BCUT2D eigenvalue weighted by Crippen LogP contribution is -2.31. The van der Waals surface area contributed by atoms with E-state index < -0.39 is 0 Å². The van der Waals surface area contributed by atoms with Crippen LogP contribution in [0.4, 0.5) is 0 Å². The van der Waals surface area contributed by atoms with Crippen molar-refractivity contribution >= 4 is 5.91 Å². The Bertz CT molecular complexity index is 546. The molecule has 0 aliphatic rings. The highest BCUT2D eigenvalue weighted by molar-refractivity contribution is 5.92. The number of rotatable bonds is 4. The van der Waals surface area contributed by atoms with E-state index in [1.807, 2.05) is 41.9 Å². The van der Waals surface area contributed by atoms with Crippen LogP contribution in [0.1, 0.15) is 24.3 Å². The fourth-order valence-electron chi connectivity index (χ4n) is 2.07. The Morgan fingerprint density at radius 2 is 2.00 bits per heavy atom. The van der Waals surface area contributed by atoms with Crippen molar-refractivity contribution in [3.8, 4) is 5.69 Å². The van der Waals surface area contributed by atoms with Crippen LogP contribution in [-0.2, 0) is 0 Å². The summed E-state index contributed by atoms with van der Waals surface area (Å²) in [5, 5.41) is 0. The minimum absolute atomic E-state index is 0.00458. The van der Waals surface area contributed by atoms with Gasteiger partial charge in [-0.2, -0.15) is 0 Å². The predicted molar refractivity (Wildman–Crippen MR) is 75.4 cm³/mol. The predicted octanol–water partition coefficient (Wildman–Crippen LogP) is 2.60. The molecule has 0 saturated carbocycles. The summed E-state index contributed by atoms with van der Waals surface area (Å²) in [4.78, 5) is 18.2. The van der Waals surface area contributed by atoms with E-state index in [-0.39, 0.29) is 5.91 Å². The van der Waals surface area contributed by atoms with Crippen LogP contribution < -0.4 is 0 Å². The molecule has 1 aromatic carbocycles. The molecule has 1 aromatic heterocycles. The van der Waals surface area contributed by atoms with Crippen LogP contribution in [-0.4, -0.2) is 34.0 Å². The third-order valence-corrected chi connectivity index (χ3v) is 2.88. The molecule has 2 aromatic rings. The number of carbonyl (C=O) groups is 1. The summed E-state index contributed by atoms with van der Waals surface area (Å²) < 4.78 is 1.82. The monoisotopic (exact) mass is 257 g/mol. The molecule has 2 rings (SSSR count). The van der Waals surface area contributed by atoms with E-state index >= 15 is 0 Å². The molecule has 0 N–H and O–H groups in total. The Morgan fingerprint density at radius 1 is 1.32 bits per heavy atom. The third-order valence-electron chi connectivity index (χ3n) is 2.88. The van der Waals surface area contributed by atoms with E-state index in [1.54, 1.807) is 17.4 Å². The summed E-state index contributed by atoms with van der Waals surface area (Å²) in [6, 6.07) is 9.76. The van der Waals surface area contributed by atoms with Crippen molar-refractivity contribution in [2.45, 2.75) is 13.8 Å². The molecule has 4 heteroatoms. The van der Waals surface area contributed by atoms with Gasteiger partial charge in [0.2, 0.25) is 0 Å². The fraction of sp³-hybridized carbons (Fsp3) is 0.333. The second-order valence-electron chi connectivity index (χ2n) is 5.06. The van der Waals surface area contributed by atoms with Gasteiger partial charge >= 0.3 is 0 Å². The quantitative estimate of drug-likeness (QED) is 0.844. The minimum atomic E-state index is -0.00458. The average molecular weight is 257 g/mol. The third kappa shape index (κ3) is 3.02.